The number of piperidine rings is 1. The zero-order valence-corrected chi connectivity index (χ0v) is 20.3. The summed E-state index contributed by atoms with van der Waals surface area (Å²) in [5.41, 5.74) is 4.49. The van der Waals surface area contributed by atoms with Gasteiger partial charge in [0.2, 0.25) is 0 Å². The first-order valence-corrected chi connectivity index (χ1v) is 12.7. The molecule has 1 amide bonds. The zero-order valence-electron chi connectivity index (χ0n) is 20.3. The molecule has 1 aliphatic heterocycles. The number of fused-ring (bicyclic) bond motifs is 1. The van der Waals surface area contributed by atoms with E-state index in [1.165, 1.54) is 11.6 Å². The van der Waals surface area contributed by atoms with Crippen molar-refractivity contribution in [3.05, 3.63) is 88.5 Å². The van der Waals surface area contributed by atoms with Gasteiger partial charge in [-0.15, -0.1) is 0 Å². The molecule has 184 valence electrons. The normalized spacial score (nSPS) is 18.9. The summed E-state index contributed by atoms with van der Waals surface area (Å²) in [7, 11) is 1.91. The number of nitrogens with zero attached hydrogens (tertiary/aromatic N) is 3. The van der Waals surface area contributed by atoms with Gasteiger partial charge in [0.15, 0.2) is 5.69 Å². The van der Waals surface area contributed by atoms with E-state index in [0.29, 0.717) is 23.3 Å². The van der Waals surface area contributed by atoms with E-state index in [4.69, 9.17) is 0 Å². The first kappa shape index (κ1) is 23.7. The first-order valence-electron chi connectivity index (χ1n) is 12.7. The van der Waals surface area contributed by atoms with Crippen LogP contribution in [-0.2, 0) is 33.0 Å². The van der Waals surface area contributed by atoms with Crippen LogP contribution in [0.1, 0.15) is 52.1 Å². The maximum Gasteiger partial charge on any atom is 0.272 e. The molecule has 2 aliphatic rings. The Hall–Kier alpha value is -3.03. The predicted molar refractivity (Wildman–Crippen MR) is 134 cm³/mol. The van der Waals surface area contributed by atoms with Crippen LogP contribution in [0, 0.1) is 5.82 Å². The van der Waals surface area contributed by atoms with Gasteiger partial charge in [0, 0.05) is 49.0 Å². The van der Waals surface area contributed by atoms with Gasteiger partial charge in [0.25, 0.3) is 5.91 Å². The van der Waals surface area contributed by atoms with Crippen molar-refractivity contribution in [1.82, 2.24) is 25.3 Å². The molecule has 0 bridgehead atoms. The molecule has 3 aromatic rings. The minimum atomic E-state index is -0.310. The fourth-order valence-corrected chi connectivity index (χ4v) is 5.45. The lowest BCUT2D eigenvalue weighted by Crippen LogP contribution is -2.47. The van der Waals surface area contributed by atoms with E-state index in [2.05, 4.69) is 51.0 Å². The highest BCUT2D eigenvalue weighted by atomic mass is 19.1. The number of likely N-dealkylation sites (tertiary alicyclic amines) is 1. The van der Waals surface area contributed by atoms with Crippen molar-refractivity contribution in [2.45, 2.75) is 57.3 Å². The third-order valence-corrected chi connectivity index (χ3v) is 7.38. The Morgan fingerprint density at radius 1 is 1.03 bits per heavy atom. The summed E-state index contributed by atoms with van der Waals surface area (Å²) in [4.78, 5) is 15.5. The molecule has 1 fully saturated rings. The monoisotopic (exact) mass is 475 g/mol. The highest BCUT2D eigenvalue weighted by Crippen LogP contribution is 2.26. The molecular weight excluding hydrogens is 441 g/mol. The van der Waals surface area contributed by atoms with Gasteiger partial charge in [0.1, 0.15) is 5.82 Å². The molecule has 1 atom stereocenters. The van der Waals surface area contributed by atoms with Crippen molar-refractivity contribution in [3.63, 3.8) is 0 Å². The van der Waals surface area contributed by atoms with Gasteiger partial charge in [-0.05, 0) is 56.8 Å². The number of nitrogens with one attached hydrogen (secondary N) is 2. The van der Waals surface area contributed by atoms with Crippen molar-refractivity contribution >= 4 is 5.91 Å². The molecular formula is C28H34FN5O. The Bertz CT molecular complexity index is 1150. The minimum Gasteiger partial charge on any atom is -0.346 e. The molecule has 1 aliphatic carbocycles. The second-order valence-corrected chi connectivity index (χ2v) is 9.81. The smallest absolute Gasteiger partial charge is 0.272 e. The van der Waals surface area contributed by atoms with E-state index in [1.807, 2.05) is 11.7 Å². The summed E-state index contributed by atoms with van der Waals surface area (Å²) in [6.45, 7) is 3.36. The second kappa shape index (κ2) is 10.7. The number of aromatic nitrogens is 2. The molecule has 1 saturated heterocycles. The van der Waals surface area contributed by atoms with E-state index in [1.54, 1.807) is 18.2 Å². The quantitative estimate of drug-likeness (QED) is 0.548. The minimum absolute atomic E-state index is 0.153. The van der Waals surface area contributed by atoms with Crippen molar-refractivity contribution in [2.75, 3.05) is 13.1 Å². The third kappa shape index (κ3) is 5.63. The topological polar surface area (TPSA) is 62.2 Å². The average molecular weight is 476 g/mol. The van der Waals surface area contributed by atoms with E-state index in [9.17, 15) is 9.18 Å². The maximum absolute atomic E-state index is 13.9. The lowest BCUT2D eigenvalue weighted by atomic mass is 9.90. The Balaban J connectivity index is 1.16. The van der Waals surface area contributed by atoms with Crippen LogP contribution in [0.2, 0.25) is 0 Å². The van der Waals surface area contributed by atoms with Crippen LogP contribution >= 0.6 is 0 Å². The first-order chi connectivity index (χ1) is 17.1. The lowest BCUT2D eigenvalue weighted by Gasteiger charge is -2.35. The van der Waals surface area contributed by atoms with Gasteiger partial charge >= 0.3 is 0 Å². The SMILES string of the molecule is Cn1nc(C(=O)NCc2ccccc2F)c2c1CCC(NC1CCN(Cc3ccccc3)CC1)C2. The van der Waals surface area contributed by atoms with E-state index >= 15 is 0 Å². The van der Waals surface area contributed by atoms with Crippen LogP contribution in [0.15, 0.2) is 54.6 Å². The number of rotatable bonds is 7. The standard InChI is InChI=1S/C28H34FN5O/c1-33-26-12-11-23(31-22-13-15-34(16-14-22)19-20-7-3-2-4-8-20)17-24(26)27(32-33)28(35)30-18-21-9-5-6-10-25(21)29/h2-10,22-23,31H,11-19H2,1H3,(H,30,35). The highest BCUT2D eigenvalue weighted by molar-refractivity contribution is 5.94. The number of carbonyl (C=O) groups excluding carboxylic acids is 1. The highest BCUT2D eigenvalue weighted by Gasteiger charge is 2.30. The number of benzene rings is 2. The summed E-state index contributed by atoms with van der Waals surface area (Å²) < 4.78 is 15.8. The summed E-state index contributed by atoms with van der Waals surface area (Å²) in [6, 6.07) is 18.0. The Kier molecular flexibility index (Phi) is 7.25. The summed E-state index contributed by atoms with van der Waals surface area (Å²) in [5.74, 6) is -0.546. The number of amides is 1. The van der Waals surface area contributed by atoms with Crippen molar-refractivity contribution in [3.8, 4) is 0 Å². The summed E-state index contributed by atoms with van der Waals surface area (Å²) >= 11 is 0. The summed E-state index contributed by atoms with van der Waals surface area (Å²) in [5, 5.41) is 11.3. The number of aryl methyl sites for hydroxylation is 1. The maximum atomic E-state index is 13.9. The largest absolute Gasteiger partial charge is 0.346 e. The van der Waals surface area contributed by atoms with E-state index in [0.717, 1.165) is 63.0 Å². The van der Waals surface area contributed by atoms with Crippen LogP contribution in [0.4, 0.5) is 4.39 Å². The Labute approximate surface area is 206 Å². The van der Waals surface area contributed by atoms with Crippen molar-refractivity contribution in [2.24, 2.45) is 7.05 Å². The molecule has 35 heavy (non-hydrogen) atoms. The molecule has 0 saturated carbocycles. The summed E-state index contributed by atoms with van der Waals surface area (Å²) in [6.07, 6.45) is 5.03. The Morgan fingerprint density at radius 3 is 2.54 bits per heavy atom. The van der Waals surface area contributed by atoms with Crippen LogP contribution in [0.3, 0.4) is 0 Å². The van der Waals surface area contributed by atoms with Crippen molar-refractivity contribution in [1.29, 1.82) is 0 Å². The molecule has 0 spiro atoms. The number of hydrogen-bond acceptors (Lipinski definition) is 4. The molecule has 2 aromatic carbocycles. The van der Waals surface area contributed by atoms with Gasteiger partial charge in [-0.25, -0.2) is 4.39 Å². The van der Waals surface area contributed by atoms with Gasteiger partial charge in [-0.2, -0.15) is 5.10 Å². The number of hydrogen-bond donors (Lipinski definition) is 2. The number of halogens is 1. The molecule has 2 N–H and O–H groups in total. The molecule has 1 unspecified atom stereocenters. The van der Waals surface area contributed by atoms with Gasteiger partial charge < -0.3 is 10.6 Å². The van der Waals surface area contributed by atoms with Crippen LogP contribution in [0.25, 0.3) is 0 Å². The zero-order chi connectivity index (χ0) is 24.2. The fourth-order valence-electron chi connectivity index (χ4n) is 5.45. The molecule has 2 heterocycles. The Morgan fingerprint density at radius 2 is 1.77 bits per heavy atom. The molecule has 5 rings (SSSR count). The molecule has 1 aromatic heterocycles. The number of carbonyl (C=O) groups is 1. The van der Waals surface area contributed by atoms with E-state index < -0.39 is 0 Å². The fraction of sp³-hybridized carbons (Fsp3) is 0.429. The molecule has 7 heteroatoms. The van der Waals surface area contributed by atoms with Crippen LogP contribution in [-0.4, -0.2) is 45.8 Å². The van der Waals surface area contributed by atoms with Gasteiger partial charge in [-0.3, -0.25) is 14.4 Å². The van der Waals surface area contributed by atoms with E-state index in [-0.39, 0.29) is 18.3 Å². The van der Waals surface area contributed by atoms with Crippen LogP contribution < -0.4 is 10.6 Å². The van der Waals surface area contributed by atoms with Gasteiger partial charge in [-0.1, -0.05) is 48.5 Å². The predicted octanol–water partition coefficient (Wildman–Crippen LogP) is 3.60. The third-order valence-electron chi connectivity index (χ3n) is 7.38. The van der Waals surface area contributed by atoms with Crippen molar-refractivity contribution < 1.29 is 9.18 Å². The van der Waals surface area contributed by atoms with Crippen LogP contribution in [0.5, 0.6) is 0 Å². The lowest BCUT2D eigenvalue weighted by molar-refractivity contribution is 0.0943. The van der Waals surface area contributed by atoms with Gasteiger partial charge in [0.05, 0.1) is 0 Å². The molecule has 6 nitrogen and oxygen atoms in total. The average Bonchev–Trinajstić information content (AvgIpc) is 3.21. The molecule has 0 radical (unpaired) electrons. The second-order valence-electron chi connectivity index (χ2n) is 9.81.